The van der Waals surface area contributed by atoms with Crippen molar-refractivity contribution in [2.24, 2.45) is 5.92 Å². The quantitative estimate of drug-likeness (QED) is 0.568. The van der Waals surface area contributed by atoms with Crippen molar-refractivity contribution in [1.29, 1.82) is 0 Å². The van der Waals surface area contributed by atoms with E-state index in [2.05, 4.69) is 29.4 Å². The third kappa shape index (κ3) is 5.57. The summed E-state index contributed by atoms with van der Waals surface area (Å²) in [6.45, 7) is 7.43. The first-order valence-corrected chi connectivity index (χ1v) is 10.1. The van der Waals surface area contributed by atoms with Crippen molar-refractivity contribution >= 4 is 23.6 Å². The molecule has 1 aromatic carbocycles. The third-order valence-corrected chi connectivity index (χ3v) is 4.87. The number of aryl methyl sites for hydroxylation is 1. The van der Waals surface area contributed by atoms with E-state index in [1.807, 2.05) is 48.1 Å². The first kappa shape index (κ1) is 20.9. The number of amides is 1. The molecule has 0 aliphatic carbocycles. The summed E-state index contributed by atoms with van der Waals surface area (Å²) in [7, 11) is 0. The number of nitrogens with zero attached hydrogens (tertiary/aromatic N) is 4. The molecule has 2 heterocycles. The maximum atomic E-state index is 12.1. The van der Waals surface area contributed by atoms with Crippen LogP contribution in [0.5, 0.6) is 0 Å². The summed E-state index contributed by atoms with van der Waals surface area (Å²) < 4.78 is 3.60. The highest BCUT2D eigenvalue weighted by molar-refractivity contribution is 6.31. The number of rotatable bonds is 8. The van der Waals surface area contributed by atoms with Crippen LogP contribution in [0.1, 0.15) is 30.7 Å². The van der Waals surface area contributed by atoms with Gasteiger partial charge in [0.05, 0.1) is 11.4 Å². The fraction of sp³-hybridized carbons (Fsp3) is 0.318. The van der Waals surface area contributed by atoms with Crippen LogP contribution in [-0.2, 0) is 17.8 Å². The van der Waals surface area contributed by atoms with Crippen LogP contribution in [0.4, 0.5) is 0 Å². The van der Waals surface area contributed by atoms with Crippen LogP contribution in [-0.4, -0.2) is 32.0 Å². The monoisotopic (exact) mass is 411 g/mol. The molecule has 0 spiro atoms. The van der Waals surface area contributed by atoms with E-state index >= 15 is 0 Å². The van der Waals surface area contributed by atoms with Crippen LogP contribution in [0.15, 0.2) is 48.8 Å². The van der Waals surface area contributed by atoms with E-state index in [1.165, 1.54) is 6.08 Å². The van der Waals surface area contributed by atoms with Gasteiger partial charge in [-0.15, -0.1) is 0 Å². The smallest absolute Gasteiger partial charge is 0.244 e. The maximum Gasteiger partial charge on any atom is 0.244 e. The first-order valence-electron chi connectivity index (χ1n) is 9.72. The van der Waals surface area contributed by atoms with Gasteiger partial charge < -0.3 is 5.32 Å². The average molecular weight is 412 g/mol. The molecule has 1 amide bonds. The lowest BCUT2D eigenvalue weighted by atomic mass is 10.1. The minimum atomic E-state index is -0.148. The van der Waals surface area contributed by atoms with Gasteiger partial charge in [-0.2, -0.15) is 10.2 Å². The Morgan fingerprint density at radius 3 is 2.69 bits per heavy atom. The second-order valence-corrected chi connectivity index (χ2v) is 7.72. The summed E-state index contributed by atoms with van der Waals surface area (Å²) in [6, 6.07) is 10.0. The highest BCUT2D eigenvalue weighted by Crippen LogP contribution is 2.22. The lowest BCUT2D eigenvalue weighted by Crippen LogP contribution is -2.23. The van der Waals surface area contributed by atoms with Crippen LogP contribution in [0.2, 0.25) is 5.15 Å². The third-order valence-electron chi connectivity index (χ3n) is 4.47. The van der Waals surface area contributed by atoms with Crippen molar-refractivity contribution in [3.05, 3.63) is 70.8 Å². The molecule has 0 aliphatic heterocycles. The minimum Gasteiger partial charge on any atom is -0.352 e. The molecule has 0 saturated heterocycles. The minimum absolute atomic E-state index is 0.148. The van der Waals surface area contributed by atoms with Gasteiger partial charge in [0, 0.05) is 37.1 Å². The Morgan fingerprint density at radius 1 is 1.28 bits per heavy atom. The molecule has 29 heavy (non-hydrogen) atoms. The molecule has 0 atom stereocenters. The second kappa shape index (κ2) is 9.56. The highest BCUT2D eigenvalue weighted by Gasteiger charge is 2.12. The van der Waals surface area contributed by atoms with E-state index in [9.17, 15) is 4.79 Å². The summed E-state index contributed by atoms with van der Waals surface area (Å²) in [5.74, 6) is 0.297. The summed E-state index contributed by atoms with van der Waals surface area (Å²) in [5, 5.41) is 12.1. The van der Waals surface area contributed by atoms with Crippen LogP contribution in [0.25, 0.3) is 11.8 Å². The molecular formula is C22H26ClN5O. The van der Waals surface area contributed by atoms with Crippen molar-refractivity contribution in [2.75, 3.05) is 6.54 Å². The molecule has 0 bridgehead atoms. The standard InChI is InChI=1S/C22H26ClN5O/c1-16(2)15-28-22(23)20(17(3)26-28)9-10-21(29)24-13-11-18-5-7-19(8-6-18)27-14-4-12-25-27/h4-10,12,14,16H,11,13,15H2,1-3H3,(H,24,29)/b10-9+. The van der Waals surface area contributed by atoms with E-state index in [-0.39, 0.29) is 5.91 Å². The number of hydrogen-bond acceptors (Lipinski definition) is 3. The zero-order valence-electron chi connectivity index (χ0n) is 17.0. The van der Waals surface area contributed by atoms with Crippen molar-refractivity contribution in [2.45, 2.75) is 33.7 Å². The normalized spacial score (nSPS) is 11.5. The molecule has 3 aromatic rings. The molecule has 0 fully saturated rings. The maximum absolute atomic E-state index is 12.1. The molecule has 7 heteroatoms. The van der Waals surface area contributed by atoms with Crippen LogP contribution in [0, 0.1) is 12.8 Å². The Bertz CT molecular complexity index is 972. The van der Waals surface area contributed by atoms with Crippen LogP contribution in [0.3, 0.4) is 0 Å². The van der Waals surface area contributed by atoms with Gasteiger partial charge in [-0.1, -0.05) is 37.6 Å². The summed E-state index contributed by atoms with van der Waals surface area (Å²) in [5.41, 5.74) is 3.77. The molecule has 0 aliphatic rings. The van der Waals surface area contributed by atoms with Crippen molar-refractivity contribution in [1.82, 2.24) is 24.9 Å². The van der Waals surface area contributed by atoms with E-state index < -0.39 is 0 Å². The van der Waals surface area contributed by atoms with Gasteiger partial charge in [0.2, 0.25) is 5.91 Å². The fourth-order valence-corrected chi connectivity index (χ4v) is 3.31. The number of halogens is 1. The van der Waals surface area contributed by atoms with E-state index in [1.54, 1.807) is 17.0 Å². The molecule has 3 rings (SSSR count). The van der Waals surface area contributed by atoms with Crippen molar-refractivity contribution in [3.8, 4) is 5.69 Å². The SMILES string of the molecule is Cc1nn(CC(C)C)c(Cl)c1/C=C/C(=O)NCCc1ccc(-n2cccn2)cc1. The fourth-order valence-electron chi connectivity index (χ4n) is 3.01. The molecule has 0 saturated carbocycles. The van der Waals surface area contributed by atoms with Gasteiger partial charge in [-0.3, -0.25) is 9.48 Å². The van der Waals surface area contributed by atoms with E-state index in [0.717, 1.165) is 35.5 Å². The molecule has 6 nitrogen and oxygen atoms in total. The zero-order chi connectivity index (χ0) is 20.8. The second-order valence-electron chi connectivity index (χ2n) is 7.36. The van der Waals surface area contributed by atoms with Crippen molar-refractivity contribution < 1.29 is 4.79 Å². The topological polar surface area (TPSA) is 64.7 Å². The molecule has 2 aromatic heterocycles. The Labute approximate surface area is 176 Å². The predicted octanol–water partition coefficient (Wildman–Crippen LogP) is 4.06. The predicted molar refractivity (Wildman–Crippen MR) is 116 cm³/mol. The summed E-state index contributed by atoms with van der Waals surface area (Å²) in [6.07, 6.45) is 7.65. The highest BCUT2D eigenvalue weighted by atomic mass is 35.5. The first-order chi connectivity index (χ1) is 13.9. The van der Waals surface area contributed by atoms with Crippen LogP contribution >= 0.6 is 11.6 Å². The van der Waals surface area contributed by atoms with Gasteiger partial charge in [-0.05, 0) is 49.1 Å². The van der Waals surface area contributed by atoms with Gasteiger partial charge in [0.1, 0.15) is 5.15 Å². The van der Waals surface area contributed by atoms with Gasteiger partial charge in [0.15, 0.2) is 0 Å². The number of nitrogens with one attached hydrogen (secondary N) is 1. The van der Waals surface area contributed by atoms with Gasteiger partial charge in [0.25, 0.3) is 0 Å². The Balaban J connectivity index is 1.51. The number of carbonyl (C=O) groups excluding carboxylic acids is 1. The van der Waals surface area contributed by atoms with E-state index in [0.29, 0.717) is 17.6 Å². The lowest BCUT2D eigenvalue weighted by Gasteiger charge is -2.06. The molecule has 0 unspecified atom stereocenters. The Kier molecular flexibility index (Phi) is 6.88. The number of benzene rings is 1. The molecule has 152 valence electrons. The summed E-state index contributed by atoms with van der Waals surface area (Å²) >= 11 is 6.40. The van der Waals surface area contributed by atoms with Crippen molar-refractivity contribution in [3.63, 3.8) is 0 Å². The van der Waals surface area contributed by atoms with Crippen LogP contribution < -0.4 is 5.32 Å². The Morgan fingerprint density at radius 2 is 2.03 bits per heavy atom. The lowest BCUT2D eigenvalue weighted by molar-refractivity contribution is -0.116. The number of aromatic nitrogens is 4. The van der Waals surface area contributed by atoms with Gasteiger partial charge >= 0.3 is 0 Å². The average Bonchev–Trinajstić information content (AvgIpc) is 3.30. The van der Waals surface area contributed by atoms with Gasteiger partial charge in [-0.25, -0.2) is 4.68 Å². The number of carbonyl (C=O) groups is 1. The summed E-state index contributed by atoms with van der Waals surface area (Å²) in [4.78, 5) is 12.1. The number of hydrogen-bond donors (Lipinski definition) is 1. The Hall–Kier alpha value is -2.86. The van der Waals surface area contributed by atoms with E-state index in [4.69, 9.17) is 11.6 Å². The largest absolute Gasteiger partial charge is 0.352 e. The molecule has 1 N–H and O–H groups in total. The molecular weight excluding hydrogens is 386 g/mol. The zero-order valence-corrected chi connectivity index (χ0v) is 17.7. The molecule has 0 radical (unpaired) electrons.